The van der Waals surface area contributed by atoms with Gasteiger partial charge in [-0.2, -0.15) is 4.98 Å². The number of carbonyl (C=O) groups is 1. The standard InChI is InChI=1S/C21H21N3O3/c1-14-6-8-17(9-7-14)24-12-16(11-20(24)25)21-22-19(27-23-21)13-26-18-5-3-4-15(2)10-18/h3-10,16H,11-13H2,1-2H3. The van der Waals surface area contributed by atoms with Gasteiger partial charge in [-0.3, -0.25) is 4.79 Å². The smallest absolute Gasteiger partial charge is 0.264 e. The largest absolute Gasteiger partial charge is 0.484 e. The lowest BCUT2D eigenvalue weighted by molar-refractivity contribution is -0.117. The van der Waals surface area contributed by atoms with E-state index in [-0.39, 0.29) is 18.4 Å². The molecular formula is C21H21N3O3. The third kappa shape index (κ3) is 3.84. The first-order chi connectivity index (χ1) is 13.1. The number of ether oxygens (including phenoxy) is 1. The molecule has 27 heavy (non-hydrogen) atoms. The summed E-state index contributed by atoms with van der Waals surface area (Å²) in [5.41, 5.74) is 3.19. The zero-order valence-electron chi connectivity index (χ0n) is 15.4. The van der Waals surface area contributed by atoms with Gasteiger partial charge < -0.3 is 14.2 Å². The van der Waals surface area contributed by atoms with Gasteiger partial charge >= 0.3 is 0 Å². The minimum Gasteiger partial charge on any atom is -0.484 e. The topological polar surface area (TPSA) is 68.5 Å². The predicted molar refractivity (Wildman–Crippen MR) is 101 cm³/mol. The number of hydrogen-bond acceptors (Lipinski definition) is 5. The summed E-state index contributed by atoms with van der Waals surface area (Å²) in [5, 5.41) is 4.06. The molecule has 1 aliphatic heterocycles. The fourth-order valence-corrected chi connectivity index (χ4v) is 3.20. The van der Waals surface area contributed by atoms with E-state index in [1.54, 1.807) is 4.90 Å². The maximum absolute atomic E-state index is 12.4. The van der Waals surface area contributed by atoms with Gasteiger partial charge in [-0.1, -0.05) is 35.0 Å². The number of anilines is 1. The van der Waals surface area contributed by atoms with E-state index in [9.17, 15) is 4.79 Å². The summed E-state index contributed by atoms with van der Waals surface area (Å²) in [5.74, 6) is 1.73. The zero-order chi connectivity index (χ0) is 18.8. The minimum absolute atomic E-state index is 0.0738. The molecule has 4 rings (SSSR count). The second-order valence-electron chi connectivity index (χ2n) is 6.89. The van der Waals surface area contributed by atoms with Crippen molar-refractivity contribution >= 4 is 11.6 Å². The van der Waals surface area contributed by atoms with Crippen LogP contribution in [0, 0.1) is 13.8 Å². The van der Waals surface area contributed by atoms with Crippen LogP contribution < -0.4 is 9.64 Å². The highest BCUT2D eigenvalue weighted by Crippen LogP contribution is 2.30. The van der Waals surface area contributed by atoms with E-state index in [1.807, 2.05) is 62.4 Å². The van der Waals surface area contributed by atoms with Crippen molar-refractivity contribution in [3.05, 3.63) is 71.4 Å². The lowest BCUT2D eigenvalue weighted by Crippen LogP contribution is -2.24. The Morgan fingerprint density at radius 1 is 1.15 bits per heavy atom. The Morgan fingerprint density at radius 2 is 1.96 bits per heavy atom. The summed E-state index contributed by atoms with van der Waals surface area (Å²) in [6.07, 6.45) is 0.381. The first-order valence-corrected chi connectivity index (χ1v) is 8.97. The fraction of sp³-hybridized carbons (Fsp3) is 0.286. The average molecular weight is 363 g/mol. The van der Waals surface area contributed by atoms with Crippen LogP contribution in [0.4, 0.5) is 5.69 Å². The quantitative estimate of drug-likeness (QED) is 0.690. The normalized spacial score (nSPS) is 16.7. The highest BCUT2D eigenvalue weighted by Gasteiger charge is 2.34. The molecule has 1 atom stereocenters. The molecule has 2 heterocycles. The van der Waals surface area contributed by atoms with E-state index in [1.165, 1.54) is 5.56 Å². The minimum atomic E-state index is -0.0738. The predicted octanol–water partition coefficient (Wildman–Crippen LogP) is 3.79. The van der Waals surface area contributed by atoms with E-state index in [2.05, 4.69) is 10.1 Å². The van der Waals surface area contributed by atoms with Crippen LogP contribution >= 0.6 is 0 Å². The van der Waals surface area contributed by atoms with Crippen molar-refractivity contribution in [1.82, 2.24) is 10.1 Å². The van der Waals surface area contributed by atoms with Gasteiger partial charge in [0, 0.05) is 24.6 Å². The Labute approximate surface area is 157 Å². The van der Waals surface area contributed by atoms with E-state index < -0.39 is 0 Å². The molecule has 1 fully saturated rings. The molecule has 0 saturated carbocycles. The molecule has 0 radical (unpaired) electrons. The highest BCUT2D eigenvalue weighted by molar-refractivity contribution is 5.96. The number of amides is 1. The van der Waals surface area contributed by atoms with Gasteiger partial charge in [-0.25, -0.2) is 0 Å². The Hall–Kier alpha value is -3.15. The van der Waals surface area contributed by atoms with Crippen molar-refractivity contribution in [1.29, 1.82) is 0 Å². The van der Waals surface area contributed by atoms with E-state index in [0.29, 0.717) is 24.7 Å². The molecule has 3 aromatic rings. The maximum Gasteiger partial charge on any atom is 0.264 e. The molecule has 1 aromatic heterocycles. The van der Waals surface area contributed by atoms with Gasteiger partial charge in [0.2, 0.25) is 5.91 Å². The Kier molecular flexibility index (Phi) is 4.62. The van der Waals surface area contributed by atoms with Crippen LogP contribution in [0.25, 0.3) is 0 Å². The van der Waals surface area contributed by atoms with Crippen molar-refractivity contribution < 1.29 is 14.1 Å². The Bertz CT molecular complexity index is 949. The first kappa shape index (κ1) is 17.3. The molecule has 2 aromatic carbocycles. The van der Waals surface area contributed by atoms with Crippen LogP contribution in [-0.4, -0.2) is 22.6 Å². The summed E-state index contributed by atoms with van der Waals surface area (Å²) in [7, 11) is 0. The molecule has 0 N–H and O–H groups in total. The summed E-state index contributed by atoms with van der Waals surface area (Å²) in [6, 6.07) is 15.7. The van der Waals surface area contributed by atoms with Gasteiger partial charge in [0.05, 0.1) is 0 Å². The molecule has 1 aliphatic rings. The van der Waals surface area contributed by atoms with Crippen LogP contribution in [0.1, 0.15) is 35.2 Å². The fourth-order valence-electron chi connectivity index (χ4n) is 3.20. The van der Waals surface area contributed by atoms with Gasteiger partial charge in [0.25, 0.3) is 5.89 Å². The molecule has 138 valence electrons. The number of aromatic nitrogens is 2. The molecule has 1 unspecified atom stereocenters. The number of aryl methyl sites for hydroxylation is 2. The first-order valence-electron chi connectivity index (χ1n) is 8.97. The molecule has 0 aliphatic carbocycles. The number of benzene rings is 2. The Morgan fingerprint density at radius 3 is 2.74 bits per heavy atom. The second-order valence-corrected chi connectivity index (χ2v) is 6.89. The van der Waals surface area contributed by atoms with E-state index >= 15 is 0 Å². The third-order valence-electron chi connectivity index (χ3n) is 4.67. The zero-order valence-corrected chi connectivity index (χ0v) is 15.4. The van der Waals surface area contributed by atoms with Crippen LogP contribution in [0.3, 0.4) is 0 Å². The Balaban J connectivity index is 1.41. The van der Waals surface area contributed by atoms with Crippen molar-refractivity contribution in [3.8, 4) is 5.75 Å². The molecule has 0 bridgehead atoms. The highest BCUT2D eigenvalue weighted by atomic mass is 16.5. The summed E-state index contributed by atoms with van der Waals surface area (Å²) < 4.78 is 11.0. The molecule has 1 saturated heterocycles. The molecule has 0 spiro atoms. The van der Waals surface area contributed by atoms with Crippen molar-refractivity contribution in [2.45, 2.75) is 32.8 Å². The van der Waals surface area contributed by atoms with E-state index in [4.69, 9.17) is 9.26 Å². The van der Waals surface area contributed by atoms with Crippen LogP contribution in [0.15, 0.2) is 53.1 Å². The summed E-state index contributed by atoms with van der Waals surface area (Å²) >= 11 is 0. The second kappa shape index (κ2) is 7.23. The van der Waals surface area contributed by atoms with Crippen LogP contribution in [0.2, 0.25) is 0 Å². The SMILES string of the molecule is Cc1ccc(N2CC(c3noc(COc4cccc(C)c4)n3)CC2=O)cc1. The molecule has 1 amide bonds. The van der Waals surface area contributed by atoms with Crippen LogP contribution in [-0.2, 0) is 11.4 Å². The lowest BCUT2D eigenvalue weighted by atomic mass is 10.1. The number of carbonyl (C=O) groups excluding carboxylic acids is 1. The van der Waals surface area contributed by atoms with Gasteiger partial charge in [0.15, 0.2) is 12.4 Å². The average Bonchev–Trinajstić information content (AvgIpc) is 3.27. The van der Waals surface area contributed by atoms with Crippen molar-refractivity contribution in [3.63, 3.8) is 0 Å². The summed E-state index contributed by atoms with van der Waals surface area (Å²) in [6.45, 7) is 4.80. The van der Waals surface area contributed by atoms with Gasteiger partial charge in [-0.15, -0.1) is 0 Å². The maximum atomic E-state index is 12.4. The monoisotopic (exact) mass is 363 g/mol. The van der Waals surface area contributed by atoms with E-state index in [0.717, 1.165) is 17.0 Å². The van der Waals surface area contributed by atoms with Crippen LogP contribution in [0.5, 0.6) is 5.75 Å². The lowest BCUT2D eigenvalue weighted by Gasteiger charge is -2.16. The number of hydrogen-bond donors (Lipinski definition) is 0. The molecular weight excluding hydrogens is 342 g/mol. The third-order valence-corrected chi connectivity index (χ3v) is 4.67. The van der Waals surface area contributed by atoms with Gasteiger partial charge in [-0.05, 0) is 43.7 Å². The number of nitrogens with zero attached hydrogens (tertiary/aromatic N) is 3. The molecule has 6 nitrogen and oxygen atoms in total. The van der Waals surface area contributed by atoms with Gasteiger partial charge in [0.1, 0.15) is 5.75 Å². The van der Waals surface area contributed by atoms with Crippen molar-refractivity contribution in [2.75, 3.05) is 11.4 Å². The number of rotatable bonds is 5. The summed E-state index contributed by atoms with van der Waals surface area (Å²) in [4.78, 5) is 18.6. The van der Waals surface area contributed by atoms with Crippen molar-refractivity contribution in [2.24, 2.45) is 0 Å². The molecule has 6 heteroatoms.